The van der Waals surface area contributed by atoms with Crippen molar-refractivity contribution in [2.24, 2.45) is 0 Å². The van der Waals surface area contributed by atoms with E-state index in [-0.39, 0.29) is 44.4 Å². The normalized spacial score (nSPS) is 17.2. The molecule has 0 spiro atoms. The largest absolute Gasteiger partial charge is 0.507 e. The molecule has 1 amide bonds. The second-order valence-electron chi connectivity index (χ2n) is 8.70. The molecule has 36 heavy (non-hydrogen) atoms. The summed E-state index contributed by atoms with van der Waals surface area (Å²) in [5.41, 5.74) is 2.17. The van der Waals surface area contributed by atoms with E-state index in [1.165, 1.54) is 29.2 Å². The molecule has 3 aromatic carbocycles. The fraction of sp³-hybridized carbons (Fsp3) is 0.214. The smallest absolute Gasteiger partial charge is 0.300 e. The number of ether oxygens (including phenoxy) is 1. The zero-order valence-corrected chi connectivity index (χ0v) is 21.5. The van der Waals surface area contributed by atoms with Crippen molar-refractivity contribution in [1.82, 2.24) is 0 Å². The second kappa shape index (κ2) is 10.2. The Morgan fingerprint density at radius 1 is 1.00 bits per heavy atom. The number of anilines is 1. The summed E-state index contributed by atoms with van der Waals surface area (Å²) < 4.78 is 5.53. The molecule has 186 valence electrons. The first-order valence-electron chi connectivity index (χ1n) is 11.5. The Hall–Kier alpha value is -3.48. The van der Waals surface area contributed by atoms with Crippen LogP contribution in [0.15, 0.2) is 66.2 Å². The quantitative estimate of drug-likeness (QED) is 0.209. The summed E-state index contributed by atoms with van der Waals surface area (Å²) in [6.07, 6.45) is 0. The Morgan fingerprint density at radius 2 is 1.69 bits per heavy atom. The van der Waals surface area contributed by atoms with Gasteiger partial charge in [-0.2, -0.15) is 0 Å². The fourth-order valence-corrected chi connectivity index (χ4v) is 4.50. The van der Waals surface area contributed by atoms with Crippen molar-refractivity contribution in [1.29, 1.82) is 0 Å². The molecule has 0 bridgehead atoms. The highest BCUT2D eigenvalue weighted by Gasteiger charge is 2.47. The molecule has 0 saturated carbocycles. The minimum atomic E-state index is -0.982. The first-order chi connectivity index (χ1) is 17.1. The van der Waals surface area contributed by atoms with Crippen molar-refractivity contribution in [3.63, 3.8) is 0 Å². The molecule has 0 aliphatic carbocycles. The molecule has 1 atom stereocenters. The molecule has 1 heterocycles. The summed E-state index contributed by atoms with van der Waals surface area (Å²) in [5.74, 6) is -1.61. The maximum Gasteiger partial charge on any atom is 0.300 e. The van der Waals surface area contributed by atoms with E-state index in [0.717, 1.165) is 5.56 Å². The number of ketones is 1. The summed E-state index contributed by atoms with van der Waals surface area (Å²) in [7, 11) is 0. The van der Waals surface area contributed by atoms with Gasteiger partial charge in [0.2, 0.25) is 0 Å². The molecular weight excluding hydrogens is 501 g/mol. The molecule has 0 radical (unpaired) electrons. The van der Waals surface area contributed by atoms with Crippen molar-refractivity contribution < 1.29 is 24.5 Å². The molecule has 3 aromatic rings. The number of hydrogen-bond donors (Lipinski definition) is 2. The highest BCUT2D eigenvalue weighted by atomic mass is 35.5. The number of rotatable bonds is 6. The molecule has 1 aliphatic heterocycles. The number of aliphatic hydroxyl groups excluding tert-OH is 1. The number of nitrogens with zero attached hydrogens (tertiary/aromatic N) is 1. The average Bonchev–Trinajstić information content (AvgIpc) is 3.12. The molecule has 1 unspecified atom stereocenters. The molecular formula is C28H25Cl2NO5. The predicted molar refractivity (Wildman–Crippen MR) is 141 cm³/mol. The van der Waals surface area contributed by atoms with Crippen molar-refractivity contribution in [2.75, 3.05) is 11.5 Å². The van der Waals surface area contributed by atoms with E-state index in [4.69, 9.17) is 27.9 Å². The van der Waals surface area contributed by atoms with Crippen molar-refractivity contribution in [3.05, 3.63) is 93.0 Å². The molecule has 8 heteroatoms. The van der Waals surface area contributed by atoms with E-state index >= 15 is 0 Å². The maximum atomic E-state index is 13.4. The highest BCUT2D eigenvalue weighted by molar-refractivity contribution is 6.51. The van der Waals surface area contributed by atoms with Gasteiger partial charge in [0.15, 0.2) is 11.5 Å². The second-order valence-corrected chi connectivity index (χ2v) is 9.52. The van der Waals surface area contributed by atoms with Crippen molar-refractivity contribution in [2.45, 2.75) is 32.7 Å². The summed E-state index contributed by atoms with van der Waals surface area (Å²) in [5, 5.41) is 22.0. The zero-order valence-electron chi connectivity index (χ0n) is 20.0. The number of aromatic hydroxyl groups is 1. The van der Waals surface area contributed by atoms with Gasteiger partial charge in [0.1, 0.15) is 5.76 Å². The molecule has 1 saturated heterocycles. The predicted octanol–water partition coefficient (Wildman–Crippen LogP) is 6.85. The third-order valence-corrected chi connectivity index (χ3v) is 6.81. The number of Topliss-reactive ketones (excluding diaryl/α,β-unsaturated/α-hetero) is 1. The van der Waals surface area contributed by atoms with Crippen LogP contribution in [0.2, 0.25) is 10.0 Å². The average molecular weight is 526 g/mol. The van der Waals surface area contributed by atoms with Crippen LogP contribution in [0.25, 0.3) is 5.76 Å². The van der Waals surface area contributed by atoms with Crippen LogP contribution in [0.5, 0.6) is 11.5 Å². The van der Waals surface area contributed by atoms with Gasteiger partial charge in [-0.25, -0.2) is 0 Å². The van der Waals surface area contributed by atoms with Crippen molar-refractivity contribution >= 4 is 46.3 Å². The Bertz CT molecular complexity index is 1360. The van der Waals surface area contributed by atoms with Crippen LogP contribution in [0.3, 0.4) is 0 Å². The standard InChI is InChI=1S/C28H25Cl2NO5/c1-4-36-23-14-17(8-12-22(23)32)25-24(26(33)18-7-11-20(29)21(30)13-18)27(34)28(35)31(25)19-9-5-16(6-10-19)15(2)3/h5-15,25,32-33H,4H2,1-3H3/b26-24-. The molecule has 0 aromatic heterocycles. The van der Waals surface area contributed by atoms with Gasteiger partial charge in [-0.15, -0.1) is 0 Å². The Balaban J connectivity index is 1.94. The van der Waals surface area contributed by atoms with Crippen LogP contribution in [0, 0.1) is 0 Å². The van der Waals surface area contributed by atoms with Crippen LogP contribution in [-0.2, 0) is 9.59 Å². The number of aliphatic hydroxyl groups is 1. The Kier molecular flexibility index (Phi) is 7.29. The van der Waals surface area contributed by atoms with Gasteiger partial charge >= 0.3 is 0 Å². The number of phenols is 1. The number of hydrogen-bond acceptors (Lipinski definition) is 5. The number of phenolic OH excluding ortho intramolecular Hbond substituents is 1. The minimum Gasteiger partial charge on any atom is -0.507 e. The van der Waals surface area contributed by atoms with Gasteiger partial charge < -0.3 is 14.9 Å². The lowest BCUT2D eigenvalue weighted by atomic mass is 9.94. The van der Waals surface area contributed by atoms with E-state index in [0.29, 0.717) is 17.9 Å². The number of halogens is 2. The van der Waals surface area contributed by atoms with Gasteiger partial charge in [0, 0.05) is 11.3 Å². The summed E-state index contributed by atoms with van der Waals surface area (Å²) in [6, 6.07) is 15.4. The van der Waals surface area contributed by atoms with Crippen LogP contribution in [0.1, 0.15) is 49.4 Å². The monoisotopic (exact) mass is 525 g/mol. The SMILES string of the molecule is CCOc1cc(C2/C(=C(/O)c3ccc(Cl)c(Cl)c3)C(=O)C(=O)N2c2ccc(C(C)C)cc2)ccc1O. The fourth-order valence-electron chi connectivity index (χ4n) is 4.20. The van der Waals surface area contributed by atoms with Crippen LogP contribution in [-0.4, -0.2) is 28.5 Å². The molecule has 2 N–H and O–H groups in total. The minimum absolute atomic E-state index is 0.0803. The summed E-state index contributed by atoms with van der Waals surface area (Å²) in [4.78, 5) is 28.0. The first-order valence-corrected chi connectivity index (χ1v) is 12.2. The molecule has 1 fully saturated rings. The van der Waals surface area contributed by atoms with Crippen LogP contribution >= 0.6 is 23.2 Å². The number of amides is 1. The number of benzene rings is 3. The van der Waals surface area contributed by atoms with E-state index in [1.807, 2.05) is 12.1 Å². The zero-order chi connectivity index (χ0) is 26.1. The Morgan fingerprint density at radius 3 is 2.31 bits per heavy atom. The van der Waals surface area contributed by atoms with E-state index in [2.05, 4.69) is 13.8 Å². The lowest BCUT2D eigenvalue weighted by molar-refractivity contribution is -0.132. The van der Waals surface area contributed by atoms with Gasteiger partial charge in [0.05, 0.1) is 28.3 Å². The van der Waals surface area contributed by atoms with Gasteiger partial charge in [-0.3, -0.25) is 14.5 Å². The highest BCUT2D eigenvalue weighted by Crippen LogP contribution is 2.44. The van der Waals surface area contributed by atoms with E-state index in [1.54, 1.807) is 31.2 Å². The van der Waals surface area contributed by atoms with Gasteiger partial charge in [-0.1, -0.05) is 55.2 Å². The topological polar surface area (TPSA) is 87.1 Å². The van der Waals surface area contributed by atoms with Crippen LogP contribution < -0.4 is 9.64 Å². The van der Waals surface area contributed by atoms with Crippen LogP contribution in [0.4, 0.5) is 5.69 Å². The third kappa shape index (κ3) is 4.66. The molecule has 6 nitrogen and oxygen atoms in total. The summed E-state index contributed by atoms with van der Waals surface area (Å²) in [6.45, 7) is 6.20. The Labute approximate surface area is 219 Å². The van der Waals surface area contributed by atoms with Gasteiger partial charge in [-0.05, 0) is 66.4 Å². The third-order valence-electron chi connectivity index (χ3n) is 6.07. The number of carbonyl (C=O) groups excluding carboxylic acids is 2. The van der Waals surface area contributed by atoms with E-state index < -0.39 is 17.7 Å². The lowest BCUT2D eigenvalue weighted by Gasteiger charge is -2.26. The lowest BCUT2D eigenvalue weighted by Crippen LogP contribution is -2.29. The maximum absolute atomic E-state index is 13.4. The summed E-state index contributed by atoms with van der Waals surface area (Å²) >= 11 is 12.2. The van der Waals surface area contributed by atoms with E-state index in [9.17, 15) is 19.8 Å². The first kappa shape index (κ1) is 25.6. The molecule has 1 aliphatic rings. The number of carbonyl (C=O) groups is 2. The molecule has 4 rings (SSSR count). The van der Waals surface area contributed by atoms with Crippen molar-refractivity contribution in [3.8, 4) is 11.5 Å². The van der Waals surface area contributed by atoms with Gasteiger partial charge in [0.25, 0.3) is 11.7 Å².